The van der Waals surface area contributed by atoms with E-state index < -0.39 is 0 Å². The topological polar surface area (TPSA) is 47.0 Å². The van der Waals surface area contributed by atoms with Gasteiger partial charge in [-0.2, -0.15) is 4.98 Å². The Balaban J connectivity index is 2.05. The molecule has 3 unspecified atom stereocenters. The van der Waals surface area contributed by atoms with Gasteiger partial charge in [-0.15, -0.1) is 0 Å². The van der Waals surface area contributed by atoms with Crippen LogP contribution in [0.4, 0.5) is 5.82 Å². The lowest BCUT2D eigenvalue weighted by atomic mass is 9.80. The number of aromatic nitrogens is 2. The molecular weight excluding hydrogens is 238 g/mol. The first kappa shape index (κ1) is 14.1. The van der Waals surface area contributed by atoms with Gasteiger partial charge in [0.25, 0.3) is 0 Å². The number of nitrogens with zero attached hydrogens (tertiary/aromatic N) is 2. The molecule has 0 bridgehead atoms. The minimum Gasteiger partial charge on any atom is -0.478 e. The molecule has 1 heterocycles. The molecule has 4 heteroatoms. The molecule has 1 N–H and O–H groups in total. The van der Waals surface area contributed by atoms with Crippen LogP contribution >= 0.6 is 0 Å². The smallest absolute Gasteiger partial charge is 0.218 e. The minimum absolute atomic E-state index is 0.514. The lowest BCUT2D eigenvalue weighted by molar-refractivity contribution is 0.276. The number of aryl methyl sites for hydroxylation is 1. The van der Waals surface area contributed by atoms with Crippen LogP contribution in [0.1, 0.15) is 45.9 Å². The van der Waals surface area contributed by atoms with Gasteiger partial charge in [-0.3, -0.25) is 0 Å². The first-order valence-corrected chi connectivity index (χ1v) is 7.33. The maximum Gasteiger partial charge on any atom is 0.218 e. The largest absolute Gasteiger partial charge is 0.478 e. The first-order valence-electron chi connectivity index (χ1n) is 7.33. The van der Waals surface area contributed by atoms with Gasteiger partial charge in [-0.1, -0.05) is 13.8 Å². The molecule has 19 heavy (non-hydrogen) atoms. The lowest BCUT2D eigenvalue weighted by Gasteiger charge is -2.33. The van der Waals surface area contributed by atoms with Crippen molar-refractivity contribution in [2.24, 2.45) is 11.8 Å². The molecule has 1 fully saturated rings. The van der Waals surface area contributed by atoms with Crippen LogP contribution in [0, 0.1) is 18.8 Å². The summed E-state index contributed by atoms with van der Waals surface area (Å²) in [6, 6.07) is 2.42. The summed E-state index contributed by atoms with van der Waals surface area (Å²) in [7, 11) is 0. The van der Waals surface area contributed by atoms with E-state index >= 15 is 0 Å². The van der Waals surface area contributed by atoms with Crippen molar-refractivity contribution < 1.29 is 4.74 Å². The maximum atomic E-state index is 5.47. The normalized spacial score (nSPS) is 27.1. The second-order valence-corrected chi connectivity index (χ2v) is 5.72. The third kappa shape index (κ3) is 3.82. The van der Waals surface area contributed by atoms with E-state index in [1.807, 2.05) is 19.9 Å². The molecule has 1 saturated carbocycles. The van der Waals surface area contributed by atoms with Crippen molar-refractivity contribution in [1.82, 2.24) is 9.97 Å². The number of rotatable bonds is 4. The Morgan fingerprint density at radius 1 is 1.32 bits per heavy atom. The first-order chi connectivity index (χ1) is 9.08. The van der Waals surface area contributed by atoms with Gasteiger partial charge in [0.05, 0.1) is 6.61 Å². The quantitative estimate of drug-likeness (QED) is 0.904. The molecule has 1 aromatic heterocycles. The highest BCUT2D eigenvalue weighted by molar-refractivity contribution is 5.39. The van der Waals surface area contributed by atoms with Crippen LogP contribution in [0.2, 0.25) is 0 Å². The second-order valence-electron chi connectivity index (χ2n) is 5.72. The fourth-order valence-corrected chi connectivity index (χ4v) is 2.91. The highest BCUT2D eigenvalue weighted by Gasteiger charge is 2.25. The van der Waals surface area contributed by atoms with Gasteiger partial charge in [0.15, 0.2) is 0 Å². The third-order valence-electron chi connectivity index (χ3n) is 3.87. The van der Waals surface area contributed by atoms with Crippen LogP contribution in [-0.4, -0.2) is 22.6 Å². The summed E-state index contributed by atoms with van der Waals surface area (Å²) < 4.78 is 5.47. The molecule has 0 aliphatic heterocycles. The van der Waals surface area contributed by atoms with Crippen LogP contribution in [0.25, 0.3) is 0 Å². The van der Waals surface area contributed by atoms with Crippen molar-refractivity contribution >= 4 is 5.82 Å². The van der Waals surface area contributed by atoms with Crippen molar-refractivity contribution in [2.45, 2.75) is 53.0 Å². The molecule has 4 nitrogen and oxygen atoms in total. The molecule has 106 valence electrons. The summed E-state index contributed by atoms with van der Waals surface area (Å²) in [4.78, 5) is 8.74. The monoisotopic (exact) mass is 263 g/mol. The van der Waals surface area contributed by atoms with Crippen LogP contribution in [0.5, 0.6) is 5.88 Å². The summed E-state index contributed by atoms with van der Waals surface area (Å²) in [5, 5.41) is 3.56. The molecule has 0 spiro atoms. The standard InChI is InChI=1S/C15H25N3O/c1-5-19-15-9-14(16-12(4)17-15)18-13-7-6-10(2)8-11(13)3/h9-11,13H,5-8H2,1-4H3,(H,16,17,18). The third-order valence-corrected chi connectivity index (χ3v) is 3.87. The van der Waals surface area contributed by atoms with Gasteiger partial charge in [0, 0.05) is 12.1 Å². The van der Waals surface area contributed by atoms with Crippen LogP contribution in [-0.2, 0) is 0 Å². The number of hydrogen-bond donors (Lipinski definition) is 1. The van der Waals surface area contributed by atoms with E-state index in [2.05, 4.69) is 29.1 Å². The molecule has 0 amide bonds. The average Bonchev–Trinajstić information content (AvgIpc) is 2.32. The summed E-state index contributed by atoms with van der Waals surface area (Å²) in [6.07, 6.45) is 3.81. The number of anilines is 1. The minimum atomic E-state index is 0.514. The van der Waals surface area contributed by atoms with Crippen molar-refractivity contribution in [1.29, 1.82) is 0 Å². The summed E-state index contributed by atoms with van der Waals surface area (Å²) in [5.41, 5.74) is 0. The molecule has 1 aromatic rings. The van der Waals surface area contributed by atoms with E-state index in [-0.39, 0.29) is 0 Å². The zero-order valence-electron chi connectivity index (χ0n) is 12.4. The van der Waals surface area contributed by atoms with E-state index in [4.69, 9.17) is 4.74 Å². The fraction of sp³-hybridized carbons (Fsp3) is 0.733. The molecule has 2 rings (SSSR count). The molecule has 0 aromatic carbocycles. The number of nitrogens with one attached hydrogen (secondary N) is 1. The Bertz CT molecular complexity index is 422. The highest BCUT2D eigenvalue weighted by Crippen LogP contribution is 2.30. The average molecular weight is 263 g/mol. The molecule has 1 aliphatic carbocycles. The lowest BCUT2D eigenvalue weighted by Crippen LogP contribution is -2.33. The van der Waals surface area contributed by atoms with E-state index in [0.717, 1.165) is 17.6 Å². The van der Waals surface area contributed by atoms with Gasteiger partial charge in [-0.05, 0) is 44.9 Å². The van der Waals surface area contributed by atoms with Gasteiger partial charge < -0.3 is 10.1 Å². The summed E-state index contributed by atoms with van der Waals surface area (Å²) >= 11 is 0. The van der Waals surface area contributed by atoms with Crippen molar-refractivity contribution in [3.8, 4) is 5.88 Å². The molecule has 3 atom stereocenters. The van der Waals surface area contributed by atoms with E-state index in [0.29, 0.717) is 24.4 Å². The predicted molar refractivity (Wildman–Crippen MR) is 77.5 cm³/mol. The van der Waals surface area contributed by atoms with Crippen LogP contribution < -0.4 is 10.1 Å². The molecule has 0 saturated heterocycles. The van der Waals surface area contributed by atoms with E-state index in [1.165, 1.54) is 19.3 Å². The van der Waals surface area contributed by atoms with Crippen LogP contribution in [0.3, 0.4) is 0 Å². The van der Waals surface area contributed by atoms with E-state index in [1.54, 1.807) is 0 Å². The Kier molecular flexibility index (Phi) is 4.61. The summed E-state index contributed by atoms with van der Waals surface area (Å²) in [6.45, 7) is 9.17. The van der Waals surface area contributed by atoms with Crippen molar-refractivity contribution in [3.63, 3.8) is 0 Å². The maximum absolute atomic E-state index is 5.47. The summed E-state index contributed by atoms with van der Waals surface area (Å²) in [5.74, 6) is 3.84. The molecule has 0 radical (unpaired) electrons. The zero-order valence-corrected chi connectivity index (χ0v) is 12.4. The number of ether oxygens (including phenoxy) is 1. The zero-order chi connectivity index (χ0) is 13.8. The van der Waals surface area contributed by atoms with Crippen molar-refractivity contribution in [2.75, 3.05) is 11.9 Å². The Hall–Kier alpha value is -1.32. The Morgan fingerprint density at radius 2 is 2.11 bits per heavy atom. The molecule has 1 aliphatic rings. The van der Waals surface area contributed by atoms with Gasteiger partial charge in [-0.25, -0.2) is 4.98 Å². The molecular formula is C15H25N3O. The second kappa shape index (κ2) is 6.22. The van der Waals surface area contributed by atoms with Crippen LogP contribution in [0.15, 0.2) is 6.07 Å². The fourth-order valence-electron chi connectivity index (χ4n) is 2.91. The Labute approximate surface area is 116 Å². The van der Waals surface area contributed by atoms with E-state index in [9.17, 15) is 0 Å². The van der Waals surface area contributed by atoms with Gasteiger partial charge in [0.2, 0.25) is 5.88 Å². The van der Waals surface area contributed by atoms with Gasteiger partial charge >= 0.3 is 0 Å². The SMILES string of the molecule is CCOc1cc(NC2CCC(C)CC2C)nc(C)n1. The highest BCUT2D eigenvalue weighted by atomic mass is 16.5. The van der Waals surface area contributed by atoms with Gasteiger partial charge in [0.1, 0.15) is 11.6 Å². The number of hydrogen-bond acceptors (Lipinski definition) is 4. The Morgan fingerprint density at radius 3 is 2.79 bits per heavy atom. The predicted octanol–water partition coefficient (Wildman–Crippen LogP) is 3.42. The van der Waals surface area contributed by atoms with Crippen molar-refractivity contribution in [3.05, 3.63) is 11.9 Å².